The van der Waals surface area contributed by atoms with E-state index in [4.69, 9.17) is 0 Å². The van der Waals surface area contributed by atoms with E-state index in [1.165, 1.54) is 67.3 Å². The van der Waals surface area contributed by atoms with Gasteiger partial charge in [-0.05, 0) is 107 Å². The summed E-state index contributed by atoms with van der Waals surface area (Å²) in [5.74, 6) is 0.830. The average molecular weight is 513 g/mol. The second-order valence-corrected chi connectivity index (χ2v) is 12.0. The molecule has 1 amide bonds. The fourth-order valence-electron chi connectivity index (χ4n) is 7.50. The van der Waals surface area contributed by atoms with Crippen LogP contribution in [0.1, 0.15) is 83.6 Å². The Labute approximate surface area is 228 Å². The molecule has 5 heteroatoms. The molecule has 0 spiro atoms. The lowest BCUT2D eigenvalue weighted by atomic mass is 9.84. The Balaban J connectivity index is 1.15. The van der Waals surface area contributed by atoms with Crippen molar-refractivity contribution in [1.82, 2.24) is 19.7 Å². The minimum atomic E-state index is 0.193. The van der Waals surface area contributed by atoms with Gasteiger partial charge in [-0.25, -0.2) is 0 Å². The van der Waals surface area contributed by atoms with Gasteiger partial charge >= 0.3 is 0 Å². The smallest absolute Gasteiger partial charge is 0.270 e. The van der Waals surface area contributed by atoms with Crippen molar-refractivity contribution in [3.8, 4) is 0 Å². The van der Waals surface area contributed by atoms with Gasteiger partial charge in [0, 0.05) is 42.1 Å². The second-order valence-electron chi connectivity index (χ2n) is 12.0. The van der Waals surface area contributed by atoms with Gasteiger partial charge in [0.2, 0.25) is 0 Å². The van der Waals surface area contributed by atoms with Gasteiger partial charge in [-0.2, -0.15) is 0 Å². The Bertz CT molecular complexity index is 1240. The molecule has 0 atom stereocenters. The van der Waals surface area contributed by atoms with Crippen LogP contribution in [0.25, 0.3) is 10.9 Å². The molecule has 3 aromatic rings. The molecule has 1 N–H and O–H groups in total. The average Bonchev–Trinajstić information content (AvgIpc) is 3.32. The Morgan fingerprint density at radius 2 is 1.50 bits per heavy atom. The third-order valence-corrected chi connectivity index (χ3v) is 9.61. The molecule has 0 unspecified atom stereocenters. The minimum absolute atomic E-state index is 0.193. The number of benzene rings is 2. The summed E-state index contributed by atoms with van der Waals surface area (Å²) in [5, 5.41) is 1.20. The summed E-state index contributed by atoms with van der Waals surface area (Å²) < 4.78 is 0. The standard InChI is InChI=1S/C33H44N4O/c1-24-9-8-10-25(2)31(24)26-13-19-35(20-14-26)23-29-28-11-4-5-12-30(28)34-32(29)33(38)37-21-15-27(16-22-37)36-17-6-3-7-18-36/h4-5,8-12,26-27,34H,3,6-7,13-23H2,1-2H3. The van der Waals surface area contributed by atoms with Gasteiger partial charge in [0.1, 0.15) is 5.69 Å². The van der Waals surface area contributed by atoms with E-state index >= 15 is 0 Å². The molecule has 3 aliphatic heterocycles. The van der Waals surface area contributed by atoms with E-state index in [0.29, 0.717) is 12.0 Å². The lowest BCUT2D eigenvalue weighted by Crippen LogP contribution is -2.48. The first kappa shape index (κ1) is 25.6. The van der Waals surface area contributed by atoms with Gasteiger partial charge in [0.25, 0.3) is 5.91 Å². The van der Waals surface area contributed by atoms with E-state index in [1.54, 1.807) is 5.56 Å². The zero-order valence-electron chi connectivity index (χ0n) is 23.3. The lowest BCUT2D eigenvalue weighted by Gasteiger charge is -2.40. The van der Waals surface area contributed by atoms with Gasteiger partial charge < -0.3 is 14.8 Å². The van der Waals surface area contributed by atoms with Gasteiger partial charge in [-0.1, -0.05) is 42.8 Å². The Hall–Kier alpha value is -2.63. The van der Waals surface area contributed by atoms with Crippen LogP contribution in [0.4, 0.5) is 0 Å². The quantitative estimate of drug-likeness (QED) is 0.439. The molecule has 38 heavy (non-hydrogen) atoms. The summed E-state index contributed by atoms with van der Waals surface area (Å²) >= 11 is 0. The van der Waals surface area contributed by atoms with Crippen molar-refractivity contribution in [1.29, 1.82) is 0 Å². The summed E-state index contributed by atoms with van der Waals surface area (Å²) in [5.41, 5.74) is 7.50. The highest BCUT2D eigenvalue weighted by molar-refractivity contribution is 6.01. The molecule has 0 radical (unpaired) electrons. The van der Waals surface area contributed by atoms with Crippen LogP contribution in [0.5, 0.6) is 0 Å². The Morgan fingerprint density at radius 3 is 2.21 bits per heavy atom. The first-order valence-corrected chi connectivity index (χ1v) is 15.0. The molecule has 0 saturated carbocycles. The number of hydrogen-bond donors (Lipinski definition) is 1. The summed E-state index contributed by atoms with van der Waals surface area (Å²) in [6.45, 7) is 11.7. The van der Waals surface area contributed by atoms with Crippen LogP contribution in [0.15, 0.2) is 42.5 Å². The number of aromatic nitrogens is 1. The number of para-hydroxylation sites is 1. The van der Waals surface area contributed by atoms with Crippen LogP contribution < -0.4 is 0 Å². The molecule has 4 heterocycles. The molecule has 2 aromatic carbocycles. The van der Waals surface area contributed by atoms with Gasteiger partial charge in [0.05, 0.1) is 0 Å². The number of amides is 1. The zero-order chi connectivity index (χ0) is 26.1. The summed E-state index contributed by atoms with van der Waals surface area (Å²) in [7, 11) is 0. The molecule has 0 bridgehead atoms. The number of H-pyrrole nitrogens is 1. The second kappa shape index (κ2) is 11.2. The Morgan fingerprint density at radius 1 is 0.816 bits per heavy atom. The molecule has 3 aliphatic rings. The molecular weight excluding hydrogens is 468 g/mol. The van der Waals surface area contributed by atoms with Gasteiger partial charge in [0.15, 0.2) is 0 Å². The highest BCUT2D eigenvalue weighted by Gasteiger charge is 2.31. The third kappa shape index (κ3) is 5.15. The van der Waals surface area contributed by atoms with Crippen molar-refractivity contribution in [3.63, 3.8) is 0 Å². The number of aromatic amines is 1. The number of hydrogen-bond acceptors (Lipinski definition) is 3. The first-order chi connectivity index (χ1) is 18.6. The maximum Gasteiger partial charge on any atom is 0.270 e. The molecule has 1 aromatic heterocycles. The number of fused-ring (bicyclic) bond motifs is 1. The van der Waals surface area contributed by atoms with Crippen molar-refractivity contribution in [2.75, 3.05) is 39.3 Å². The number of aryl methyl sites for hydroxylation is 2. The number of nitrogens with zero attached hydrogens (tertiary/aromatic N) is 3. The predicted octanol–water partition coefficient (Wildman–Crippen LogP) is 6.25. The fourth-order valence-corrected chi connectivity index (χ4v) is 7.50. The van der Waals surface area contributed by atoms with E-state index in [1.807, 2.05) is 0 Å². The molecule has 6 rings (SSSR count). The largest absolute Gasteiger partial charge is 0.350 e. The van der Waals surface area contributed by atoms with Crippen molar-refractivity contribution in [2.24, 2.45) is 0 Å². The van der Waals surface area contributed by atoms with Crippen molar-refractivity contribution >= 4 is 16.8 Å². The van der Waals surface area contributed by atoms with E-state index in [2.05, 4.69) is 76.0 Å². The van der Waals surface area contributed by atoms with Crippen LogP contribution in [0.2, 0.25) is 0 Å². The monoisotopic (exact) mass is 512 g/mol. The zero-order valence-corrected chi connectivity index (χ0v) is 23.3. The number of piperidine rings is 3. The lowest BCUT2D eigenvalue weighted by molar-refractivity contribution is 0.0583. The Kier molecular flexibility index (Phi) is 7.58. The number of carbonyl (C=O) groups is 1. The maximum absolute atomic E-state index is 13.9. The maximum atomic E-state index is 13.9. The van der Waals surface area contributed by atoms with Crippen molar-refractivity contribution < 1.29 is 4.79 Å². The van der Waals surface area contributed by atoms with Crippen LogP contribution in [0.3, 0.4) is 0 Å². The van der Waals surface area contributed by atoms with E-state index in [-0.39, 0.29) is 5.91 Å². The highest BCUT2D eigenvalue weighted by Crippen LogP contribution is 2.34. The molecular formula is C33H44N4O. The minimum Gasteiger partial charge on any atom is -0.350 e. The summed E-state index contributed by atoms with van der Waals surface area (Å²) in [4.78, 5) is 24.8. The molecule has 0 aliphatic carbocycles. The SMILES string of the molecule is Cc1cccc(C)c1C1CCN(Cc2c(C(=O)N3CCC(N4CCCCC4)CC3)[nH]c3ccccc23)CC1. The number of nitrogens with one attached hydrogen (secondary N) is 1. The van der Waals surface area contributed by atoms with Crippen molar-refractivity contribution in [2.45, 2.75) is 77.3 Å². The third-order valence-electron chi connectivity index (χ3n) is 9.61. The van der Waals surface area contributed by atoms with Crippen LogP contribution in [0, 0.1) is 13.8 Å². The van der Waals surface area contributed by atoms with Crippen LogP contribution in [-0.2, 0) is 6.54 Å². The topological polar surface area (TPSA) is 42.6 Å². The molecule has 5 nitrogen and oxygen atoms in total. The number of carbonyl (C=O) groups excluding carboxylic acids is 1. The number of likely N-dealkylation sites (tertiary alicyclic amines) is 3. The summed E-state index contributed by atoms with van der Waals surface area (Å²) in [6.07, 6.45) is 8.61. The van der Waals surface area contributed by atoms with Crippen molar-refractivity contribution in [3.05, 3.63) is 70.4 Å². The van der Waals surface area contributed by atoms with Crippen LogP contribution in [-0.4, -0.2) is 70.9 Å². The first-order valence-electron chi connectivity index (χ1n) is 15.0. The predicted molar refractivity (Wildman–Crippen MR) is 156 cm³/mol. The molecule has 202 valence electrons. The van der Waals surface area contributed by atoms with Gasteiger partial charge in [-0.3, -0.25) is 9.69 Å². The van der Waals surface area contributed by atoms with Crippen LogP contribution >= 0.6 is 0 Å². The van der Waals surface area contributed by atoms with E-state index < -0.39 is 0 Å². The summed E-state index contributed by atoms with van der Waals surface area (Å²) in [6, 6.07) is 15.8. The molecule has 3 fully saturated rings. The van der Waals surface area contributed by atoms with Gasteiger partial charge in [-0.15, -0.1) is 0 Å². The molecule has 3 saturated heterocycles. The fraction of sp³-hybridized carbons (Fsp3) is 0.545. The van der Waals surface area contributed by atoms with E-state index in [0.717, 1.165) is 56.8 Å². The highest BCUT2D eigenvalue weighted by atomic mass is 16.2. The normalized spacial score (nSPS) is 20.8. The number of rotatable bonds is 5. The van der Waals surface area contributed by atoms with E-state index in [9.17, 15) is 4.79 Å².